The topological polar surface area (TPSA) is 87.8 Å². The van der Waals surface area contributed by atoms with Crippen molar-refractivity contribution in [2.24, 2.45) is 12.8 Å². The van der Waals surface area contributed by atoms with Crippen molar-refractivity contribution in [3.8, 4) is 0 Å². The number of hydrogen-bond donors (Lipinski definition) is 1. The van der Waals surface area contributed by atoms with Gasteiger partial charge in [-0.25, -0.2) is 9.78 Å². The van der Waals surface area contributed by atoms with E-state index >= 15 is 0 Å². The van der Waals surface area contributed by atoms with Crippen LogP contribution in [0, 0.1) is 6.92 Å². The van der Waals surface area contributed by atoms with E-state index in [9.17, 15) is 9.59 Å². The fraction of sp³-hybridized carbons (Fsp3) is 0.583. The Morgan fingerprint density at radius 2 is 1.89 bits per heavy atom. The van der Waals surface area contributed by atoms with E-state index in [1.807, 2.05) is 13.8 Å². The number of rotatable bonds is 4. The van der Waals surface area contributed by atoms with E-state index in [1.165, 1.54) is 7.05 Å². The molecule has 0 saturated carbocycles. The van der Waals surface area contributed by atoms with Crippen molar-refractivity contribution in [2.75, 3.05) is 6.54 Å². The maximum Gasteiger partial charge on any atom is 0.332 e. The van der Waals surface area contributed by atoms with E-state index in [0.717, 1.165) is 11.0 Å². The quantitative estimate of drug-likeness (QED) is 0.812. The van der Waals surface area contributed by atoms with Gasteiger partial charge >= 0.3 is 5.69 Å². The molecule has 0 amide bonds. The highest BCUT2D eigenvalue weighted by Crippen LogP contribution is 2.10. The second-order valence-electron chi connectivity index (χ2n) is 4.57. The summed E-state index contributed by atoms with van der Waals surface area (Å²) in [6.07, 6.45) is 0.802. The molecule has 0 aliphatic carbocycles. The van der Waals surface area contributed by atoms with Crippen LogP contribution in [0.25, 0.3) is 11.2 Å². The van der Waals surface area contributed by atoms with E-state index in [-0.39, 0.29) is 11.2 Å². The minimum atomic E-state index is -0.322. The van der Waals surface area contributed by atoms with Crippen LogP contribution in [-0.4, -0.2) is 25.2 Å². The van der Waals surface area contributed by atoms with Gasteiger partial charge in [0.15, 0.2) is 11.2 Å². The Morgan fingerprint density at radius 1 is 1.21 bits per heavy atom. The molecular weight excluding hydrogens is 246 g/mol. The van der Waals surface area contributed by atoms with E-state index in [0.29, 0.717) is 36.6 Å². The van der Waals surface area contributed by atoms with Crippen LogP contribution in [0.4, 0.5) is 0 Å². The Bertz CT molecular complexity index is 722. The summed E-state index contributed by atoms with van der Waals surface area (Å²) >= 11 is 0. The van der Waals surface area contributed by atoms with Gasteiger partial charge in [-0.1, -0.05) is 6.92 Å². The van der Waals surface area contributed by atoms with E-state index in [4.69, 9.17) is 5.73 Å². The lowest BCUT2D eigenvalue weighted by Crippen LogP contribution is -2.39. The molecule has 0 unspecified atom stereocenters. The second kappa shape index (κ2) is 5.00. The number of aromatic nitrogens is 4. The SMILES string of the molecule is CCCn1c(=O)n(C)c(=O)c2c1nc(C)n2CCN. The minimum Gasteiger partial charge on any atom is -0.329 e. The summed E-state index contributed by atoms with van der Waals surface area (Å²) in [6, 6.07) is 0. The normalized spacial score (nSPS) is 11.4. The van der Waals surface area contributed by atoms with Crippen molar-refractivity contribution in [2.45, 2.75) is 33.4 Å². The highest BCUT2D eigenvalue weighted by molar-refractivity contribution is 5.71. The lowest BCUT2D eigenvalue weighted by atomic mass is 10.4. The molecule has 0 aliphatic heterocycles. The maximum absolute atomic E-state index is 12.3. The van der Waals surface area contributed by atoms with E-state index < -0.39 is 0 Å². The molecule has 7 heteroatoms. The summed E-state index contributed by atoms with van der Waals surface area (Å²) < 4.78 is 4.46. The van der Waals surface area contributed by atoms with Gasteiger partial charge in [0.1, 0.15) is 5.82 Å². The monoisotopic (exact) mass is 265 g/mol. The molecule has 0 fully saturated rings. The fourth-order valence-corrected chi connectivity index (χ4v) is 2.29. The average Bonchev–Trinajstić information content (AvgIpc) is 2.70. The molecule has 104 valence electrons. The van der Waals surface area contributed by atoms with Crippen molar-refractivity contribution in [3.05, 3.63) is 26.7 Å². The Kier molecular flexibility index (Phi) is 3.57. The van der Waals surface area contributed by atoms with E-state index in [1.54, 1.807) is 9.13 Å². The van der Waals surface area contributed by atoms with Gasteiger partial charge in [0.2, 0.25) is 0 Å². The molecular formula is C12H19N5O2. The van der Waals surface area contributed by atoms with Crippen LogP contribution in [0.15, 0.2) is 9.59 Å². The van der Waals surface area contributed by atoms with Gasteiger partial charge in [-0.2, -0.15) is 0 Å². The number of hydrogen-bond acceptors (Lipinski definition) is 4. The first kappa shape index (κ1) is 13.5. The minimum absolute atomic E-state index is 0.318. The first-order valence-electron chi connectivity index (χ1n) is 6.39. The third-order valence-electron chi connectivity index (χ3n) is 3.22. The summed E-state index contributed by atoms with van der Waals surface area (Å²) in [5.74, 6) is 0.702. The van der Waals surface area contributed by atoms with Gasteiger partial charge < -0.3 is 10.3 Å². The number of aryl methyl sites for hydroxylation is 2. The Hall–Kier alpha value is -1.89. The molecule has 2 N–H and O–H groups in total. The predicted octanol–water partition coefficient (Wildman–Crippen LogP) is -0.426. The summed E-state index contributed by atoms with van der Waals surface area (Å²) in [5.41, 5.74) is 5.84. The standard InChI is InChI=1S/C12H19N5O2/c1-4-6-17-10-9(11(18)15(3)12(17)19)16(7-5-13)8(2)14-10/h4-7,13H2,1-3H3. The highest BCUT2D eigenvalue weighted by Gasteiger charge is 2.17. The van der Waals surface area contributed by atoms with Gasteiger partial charge in [0, 0.05) is 26.7 Å². The second-order valence-corrected chi connectivity index (χ2v) is 4.57. The zero-order valence-corrected chi connectivity index (χ0v) is 11.5. The molecule has 2 heterocycles. The van der Waals surface area contributed by atoms with Crippen molar-refractivity contribution in [1.29, 1.82) is 0 Å². The molecule has 2 rings (SSSR count). The molecule has 2 aromatic heterocycles. The number of nitrogens with zero attached hydrogens (tertiary/aromatic N) is 4. The number of nitrogens with two attached hydrogens (primary N) is 1. The largest absolute Gasteiger partial charge is 0.332 e. The van der Waals surface area contributed by atoms with Crippen LogP contribution in [0.3, 0.4) is 0 Å². The molecule has 0 saturated heterocycles. The molecule has 0 aromatic carbocycles. The van der Waals surface area contributed by atoms with Crippen molar-refractivity contribution in [1.82, 2.24) is 18.7 Å². The molecule has 0 radical (unpaired) electrons. The molecule has 0 bridgehead atoms. The third kappa shape index (κ3) is 1.99. The van der Waals surface area contributed by atoms with Crippen LogP contribution in [0.2, 0.25) is 0 Å². The van der Waals surface area contributed by atoms with Gasteiger partial charge in [0.05, 0.1) is 0 Å². The first-order chi connectivity index (χ1) is 9.02. The smallest absolute Gasteiger partial charge is 0.329 e. The zero-order valence-electron chi connectivity index (χ0n) is 11.5. The maximum atomic E-state index is 12.3. The number of imidazole rings is 1. The van der Waals surface area contributed by atoms with Crippen LogP contribution in [0.5, 0.6) is 0 Å². The molecule has 2 aromatic rings. The Morgan fingerprint density at radius 3 is 2.47 bits per heavy atom. The molecule has 0 aliphatic rings. The van der Waals surface area contributed by atoms with Gasteiger partial charge in [-0.05, 0) is 13.3 Å². The molecule has 0 spiro atoms. The average molecular weight is 265 g/mol. The van der Waals surface area contributed by atoms with Gasteiger partial charge in [-0.3, -0.25) is 13.9 Å². The number of fused-ring (bicyclic) bond motifs is 1. The predicted molar refractivity (Wildman–Crippen MR) is 73.3 cm³/mol. The zero-order chi connectivity index (χ0) is 14.2. The summed E-state index contributed by atoms with van der Waals surface area (Å²) in [6.45, 7) is 5.27. The first-order valence-corrected chi connectivity index (χ1v) is 6.39. The van der Waals surface area contributed by atoms with Gasteiger partial charge in [-0.15, -0.1) is 0 Å². The summed E-state index contributed by atoms with van der Waals surface area (Å²) in [4.78, 5) is 28.8. The molecule has 0 atom stereocenters. The Balaban J connectivity index is 2.94. The van der Waals surface area contributed by atoms with Crippen molar-refractivity contribution >= 4 is 11.2 Å². The third-order valence-corrected chi connectivity index (χ3v) is 3.22. The van der Waals surface area contributed by atoms with Crippen LogP contribution in [0.1, 0.15) is 19.2 Å². The van der Waals surface area contributed by atoms with Crippen LogP contribution < -0.4 is 17.0 Å². The summed E-state index contributed by atoms with van der Waals surface area (Å²) in [5, 5.41) is 0. The van der Waals surface area contributed by atoms with Crippen molar-refractivity contribution in [3.63, 3.8) is 0 Å². The fourth-order valence-electron chi connectivity index (χ4n) is 2.29. The van der Waals surface area contributed by atoms with Crippen LogP contribution >= 0.6 is 0 Å². The van der Waals surface area contributed by atoms with Crippen LogP contribution in [-0.2, 0) is 20.1 Å². The Labute approximate surface area is 110 Å². The molecule has 7 nitrogen and oxygen atoms in total. The highest BCUT2D eigenvalue weighted by atomic mass is 16.2. The van der Waals surface area contributed by atoms with Crippen molar-refractivity contribution < 1.29 is 0 Å². The lowest BCUT2D eigenvalue weighted by molar-refractivity contribution is 0.608. The lowest BCUT2D eigenvalue weighted by Gasteiger charge is -2.08. The molecule has 19 heavy (non-hydrogen) atoms. The van der Waals surface area contributed by atoms with Gasteiger partial charge in [0.25, 0.3) is 5.56 Å². The summed E-state index contributed by atoms with van der Waals surface area (Å²) in [7, 11) is 1.49. The van der Waals surface area contributed by atoms with E-state index in [2.05, 4.69) is 4.98 Å².